The molecule has 0 saturated carbocycles. The van der Waals surface area contributed by atoms with E-state index in [4.69, 9.17) is 10.5 Å². The zero-order valence-corrected chi connectivity index (χ0v) is 12.5. The highest BCUT2D eigenvalue weighted by atomic mass is 79.9. The second-order valence-corrected chi connectivity index (χ2v) is 5.75. The summed E-state index contributed by atoms with van der Waals surface area (Å²) in [6.45, 7) is 1.32. The highest BCUT2D eigenvalue weighted by Gasteiger charge is 2.35. The lowest BCUT2D eigenvalue weighted by Crippen LogP contribution is -2.21. The van der Waals surface area contributed by atoms with Crippen LogP contribution in [0.2, 0.25) is 0 Å². The van der Waals surface area contributed by atoms with Gasteiger partial charge in [-0.15, -0.1) is 0 Å². The number of likely N-dealkylation sites (tertiary alicyclic amines) is 1. The van der Waals surface area contributed by atoms with Crippen molar-refractivity contribution in [2.24, 2.45) is 11.7 Å². The minimum atomic E-state index is -0.560. The predicted molar refractivity (Wildman–Crippen MR) is 73.1 cm³/mol. The number of hydrogen-bond acceptors (Lipinski definition) is 3. The van der Waals surface area contributed by atoms with Crippen molar-refractivity contribution in [2.75, 3.05) is 27.2 Å². The van der Waals surface area contributed by atoms with Gasteiger partial charge in [-0.3, -0.25) is 4.90 Å². The van der Waals surface area contributed by atoms with Crippen LogP contribution in [0.15, 0.2) is 10.5 Å². The Kier molecular flexibility index (Phi) is 4.43. The lowest BCUT2D eigenvalue weighted by atomic mass is 9.98. The molecule has 0 aliphatic carbocycles. The van der Waals surface area contributed by atoms with E-state index >= 15 is 0 Å². The number of nitrogens with two attached hydrogens (primary N) is 1. The Labute approximate surface area is 119 Å². The third-order valence-electron chi connectivity index (χ3n) is 3.67. The van der Waals surface area contributed by atoms with E-state index < -0.39 is 11.6 Å². The van der Waals surface area contributed by atoms with Gasteiger partial charge in [0.2, 0.25) is 0 Å². The van der Waals surface area contributed by atoms with E-state index in [1.807, 2.05) is 11.9 Å². The average molecular weight is 335 g/mol. The van der Waals surface area contributed by atoms with Gasteiger partial charge in [-0.25, -0.2) is 8.78 Å². The third kappa shape index (κ3) is 2.61. The standard InChI is InChI=1S/C13H17BrF2N2O/c1-18-6-7(5-17)3-10(18)11-12(16)8(14)4-9(15)13(11)19-2/h4,7,10H,3,5-6,17H2,1-2H3. The molecule has 1 aromatic rings. The Bertz CT molecular complexity index is 484. The van der Waals surface area contributed by atoms with E-state index in [1.54, 1.807) is 0 Å². The quantitative estimate of drug-likeness (QED) is 0.864. The van der Waals surface area contributed by atoms with Crippen LogP contribution in [0.3, 0.4) is 0 Å². The van der Waals surface area contributed by atoms with E-state index in [2.05, 4.69) is 15.9 Å². The summed E-state index contributed by atoms with van der Waals surface area (Å²) in [5.74, 6) is -0.750. The fraction of sp³-hybridized carbons (Fsp3) is 0.538. The molecule has 0 spiro atoms. The number of rotatable bonds is 3. The van der Waals surface area contributed by atoms with Crippen LogP contribution in [0.5, 0.6) is 5.75 Å². The molecular weight excluding hydrogens is 318 g/mol. The maximum absolute atomic E-state index is 14.3. The normalized spacial score (nSPS) is 23.9. The summed E-state index contributed by atoms with van der Waals surface area (Å²) in [4.78, 5) is 1.99. The van der Waals surface area contributed by atoms with Crippen molar-refractivity contribution in [3.63, 3.8) is 0 Å². The molecule has 1 aliphatic rings. The van der Waals surface area contributed by atoms with Gasteiger partial charge in [-0.1, -0.05) is 0 Å². The van der Waals surface area contributed by atoms with Crippen molar-refractivity contribution >= 4 is 15.9 Å². The minimum absolute atomic E-state index is 0.0183. The van der Waals surface area contributed by atoms with Crippen molar-refractivity contribution in [1.82, 2.24) is 4.90 Å². The van der Waals surface area contributed by atoms with Gasteiger partial charge in [0.25, 0.3) is 0 Å². The Morgan fingerprint density at radius 3 is 2.74 bits per heavy atom. The molecule has 2 atom stereocenters. The number of halogens is 3. The molecule has 2 unspecified atom stereocenters. The molecule has 6 heteroatoms. The van der Waals surface area contributed by atoms with Crippen LogP contribution < -0.4 is 10.5 Å². The second kappa shape index (κ2) is 5.73. The van der Waals surface area contributed by atoms with Crippen LogP contribution in [0.25, 0.3) is 0 Å². The van der Waals surface area contributed by atoms with Crippen molar-refractivity contribution in [3.05, 3.63) is 27.7 Å². The van der Waals surface area contributed by atoms with Crippen LogP contribution in [-0.4, -0.2) is 32.1 Å². The van der Waals surface area contributed by atoms with Crippen LogP contribution in [-0.2, 0) is 0 Å². The second-order valence-electron chi connectivity index (χ2n) is 4.89. The van der Waals surface area contributed by atoms with Gasteiger partial charge in [0.15, 0.2) is 11.6 Å². The van der Waals surface area contributed by atoms with Gasteiger partial charge in [0.1, 0.15) is 5.82 Å². The van der Waals surface area contributed by atoms with Crippen molar-refractivity contribution in [1.29, 1.82) is 0 Å². The maximum atomic E-state index is 14.3. The molecule has 19 heavy (non-hydrogen) atoms. The highest BCUT2D eigenvalue weighted by molar-refractivity contribution is 9.10. The molecule has 1 saturated heterocycles. The van der Waals surface area contributed by atoms with Crippen LogP contribution in [0.4, 0.5) is 8.78 Å². The zero-order chi connectivity index (χ0) is 14.2. The first-order chi connectivity index (χ1) is 8.99. The van der Waals surface area contributed by atoms with E-state index in [-0.39, 0.29) is 21.8 Å². The molecule has 0 aromatic heterocycles. The molecule has 1 fully saturated rings. The smallest absolute Gasteiger partial charge is 0.166 e. The summed E-state index contributed by atoms with van der Waals surface area (Å²) in [5, 5.41) is 0. The number of nitrogens with zero attached hydrogens (tertiary/aromatic N) is 1. The Hall–Kier alpha value is -0.720. The number of ether oxygens (including phenoxy) is 1. The SMILES string of the molecule is COc1c(F)cc(Br)c(F)c1C1CC(CN)CN1C. The molecule has 2 N–H and O–H groups in total. The lowest BCUT2D eigenvalue weighted by molar-refractivity contribution is 0.289. The molecule has 1 aliphatic heterocycles. The Morgan fingerprint density at radius 2 is 2.21 bits per heavy atom. The number of hydrogen-bond donors (Lipinski definition) is 1. The van der Waals surface area contributed by atoms with Gasteiger partial charge < -0.3 is 10.5 Å². The summed E-state index contributed by atoms with van der Waals surface area (Å²) in [6, 6.07) is 0.878. The first kappa shape index (κ1) is 14.7. The first-order valence-corrected chi connectivity index (χ1v) is 6.90. The molecule has 106 valence electrons. The lowest BCUT2D eigenvalue weighted by Gasteiger charge is -2.23. The molecule has 1 heterocycles. The Morgan fingerprint density at radius 1 is 1.53 bits per heavy atom. The van der Waals surface area contributed by atoms with Crippen molar-refractivity contribution in [2.45, 2.75) is 12.5 Å². The monoisotopic (exact) mass is 334 g/mol. The van der Waals surface area contributed by atoms with Crippen molar-refractivity contribution < 1.29 is 13.5 Å². The van der Waals surface area contributed by atoms with Gasteiger partial charge in [0, 0.05) is 12.6 Å². The molecule has 0 radical (unpaired) electrons. The minimum Gasteiger partial charge on any atom is -0.493 e. The summed E-state index contributed by atoms with van der Waals surface area (Å²) >= 11 is 3.05. The summed E-state index contributed by atoms with van der Waals surface area (Å²) < 4.78 is 33.4. The maximum Gasteiger partial charge on any atom is 0.166 e. The van der Waals surface area contributed by atoms with Gasteiger partial charge >= 0.3 is 0 Å². The fourth-order valence-corrected chi connectivity index (χ4v) is 3.13. The molecule has 0 amide bonds. The van der Waals surface area contributed by atoms with Crippen LogP contribution in [0.1, 0.15) is 18.0 Å². The van der Waals surface area contributed by atoms with Crippen LogP contribution in [0, 0.1) is 17.6 Å². The first-order valence-electron chi connectivity index (χ1n) is 6.11. The summed E-state index contributed by atoms with van der Waals surface area (Å²) in [5.41, 5.74) is 5.94. The molecule has 3 nitrogen and oxygen atoms in total. The zero-order valence-electron chi connectivity index (χ0n) is 10.9. The number of benzene rings is 1. The van der Waals surface area contributed by atoms with E-state index in [0.29, 0.717) is 18.9 Å². The topological polar surface area (TPSA) is 38.5 Å². The molecule has 0 bridgehead atoms. The predicted octanol–water partition coefficient (Wildman–Crippen LogP) is 2.69. The Balaban J connectivity index is 2.49. The molecule has 2 rings (SSSR count). The fourth-order valence-electron chi connectivity index (χ4n) is 2.72. The van der Waals surface area contributed by atoms with Crippen LogP contribution >= 0.6 is 15.9 Å². The van der Waals surface area contributed by atoms with E-state index in [0.717, 1.165) is 12.6 Å². The molecule has 1 aromatic carbocycles. The van der Waals surface area contributed by atoms with Gasteiger partial charge in [-0.2, -0.15) is 0 Å². The highest BCUT2D eigenvalue weighted by Crippen LogP contribution is 2.42. The van der Waals surface area contributed by atoms with Crippen molar-refractivity contribution in [3.8, 4) is 5.75 Å². The van der Waals surface area contributed by atoms with Gasteiger partial charge in [-0.05, 0) is 47.9 Å². The van der Waals surface area contributed by atoms with E-state index in [1.165, 1.54) is 7.11 Å². The average Bonchev–Trinajstić information content (AvgIpc) is 2.74. The molecular formula is C13H17BrF2N2O. The summed E-state index contributed by atoms with van der Waals surface area (Å²) in [6.07, 6.45) is 0.705. The van der Waals surface area contributed by atoms with Gasteiger partial charge in [0.05, 0.1) is 17.1 Å². The largest absolute Gasteiger partial charge is 0.493 e. The van der Waals surface area contributed by atoms with E-state index in [9.17, 15) is 8.78 Å². The third-order valence-corrected chi connectivity index (χ3v) is 4.24. The number of methoxy groups -OCH3 is 1. The summed E-state index contributed by atoms with van der Waals surface area (Å²) in [7, 11) is 3.24.